The number of rotatable bonds is 23. The van der Waals surface area contributed by atoms with Gasteiger partial charge in [-0.3, -0.25) is 0 Å². The van der Waals surface area contributed by atoms with Crippen LogP contribution in [0.3, 0.4) is 0 Å². The van der Waals surface area contributed by atoms with Crippen LogP contribution in [0.1, 0.15) is 186 Å². The summed E-state index contributed by atoms with van der Waals surface area (Å²) in [5, 5.41) is 0. The van der Waals surface area contributed by atoms with Crippen LogP contribution >= 0.6 is 0 Å². The number of aryl methyl sites for hydroxylation is 2. The van der Waals surface area contributed by atoms with Gasteiger partial charge in [-0.2, -0.15) is 13.8 Å². The van der Waals surface area contributed by atoms with Crippen molar-refractivity contribution < 1.29 is 21.2 Å². The minimum Gasteiger partial charge on any atom is -0.493 e. The Hall–Kier alpha value is -1.99. The summed E-state index contributed by atoms with van der Waals surface area (Å²) >= 11 is 0. The predicted molar refractivity (Wildman–Crippen MR) is 210 cm³/mol. The average molecular weight is 700 g/mol. The smallest absolute Gasteiger partial charge is 0.493 e. The average Bonchev–Trinajstić information content (AvgIpc) is 3.39. The quantitative estimate of drug-likeness (QED) is 0.0478. The predicted octanol–water partition coefficient (Wildman–Crippen LogP) is 15.1. The van der Waals surface area contributed by atoms with E-state index in [9.17, 15) is 5.53 Å². The maximum atomic E-state index is 11.9. The molecule has 0 amide bonds. The van der Waals surface area contributed by atoms with Crippen LogP contribution in [-0.2, 0) is 29.3 Å². The first kappa shape index (κ1) is 46.0. The van der Waals surface area contributed by atoms with E-state index in [-0.39, 0.29) is 16.5 Å². The molecule has 0 bridgehead atoms. The van der Waals surface area contributed by atoms with Crippen molar-refractivity contribution in [2.24, 2.45) is 0 Å². The molecule has 0 fully saturated rings. The van der Waals surface area contributed by atoms with E-state index >= 15 is 0 Å². The van der Waals surface area contributed by atoms with Crippen molar-refractivity contribution >= 4 is 11.4 Å². The second-order valence-electron chi connectivity index (χ2n) is 13.0. The summed E-state index contributed by atoms with van der Waals surface area (Å²) in [7, 11) is 0. The van der Waals surface area contributed by atoms with Gasteiger partial charge in [0.2, 0.25) is 11.4 Å². The summed E-state index contributed by atoms with van der Waals surface area (Å²) in [6.07, 6.45) is 26.3. The Morgan fingerprint density at radius 3 is 1.38 bits per heavy atom. The second-order valence-corrected chi connectivity index (χ2v) is 13.0. The van der Waals surface area contributed by atoms with Crippen molar-refractivity contribution in [2.75, 3.05) is 0 Å². The zero-order valence-electron chi connectivity index (χ0n) is 32.1. The fraction of sp³-hybridized carbons (Fsp3) is 0.600. The van der Waals surface area contributed by atoms with E-state index in [1.54, 1.807) is 18.5 Å². The van der Waals surface area contributed by atoms with Crippen LogP contribution in [0.25, 0.3) is 16.9 Å². The molecule has 1 aliphatic rings. The van der Waals surface area contributed by atoms with Gasteiger partial charge in [0.15, 0.2) is 0 Å². The summed E-state index contributed by atoms with van der Waals surface area (Å²) in [4.78, 5) is 0. The fourth-order valence-electron chi connectivity index (χ4n) is 6.59. The fourth-order valence-corrected chi connectivity index (χ4v) is 6.59. The normalized spacial score (nSPS) is 12.4. The van der Waals surface area contributed by atoms with Gasteiger partial charge in [0.25, 0.3) is 0 Å². The first-order valence-electron chi connectivity index (χ1n) is 19.7. The Morgan fingerprint density at radius 2 is 0.875 bits per heavy atom. The largest absolute Gasteiger partial charge is 2.00 e. The molecule has 2 nitrogen and oxygen atoms in total. The number of benzene rings is 2. The Morgan fingerprint density at radius 1 is 0.458 bits per heavy atom. The van der Waals surface area contributed by atoms with Gasteiger partial charge in [0.05, 0.1) is 0 Å². The first-order valence-corrected chi connectivity index (χ1v) is 19.7. The molecule has 0 saturated heterocycles. The summed E-state index contributed by atoms with van der Waals surface area (Å²) in [5.74, 6) is 0. The molecule has 0 unspecified atom stereocenters. The summed E-state index contributed by atoms with van der Waals surface area (Å²) < 4.78 is 1.56. The SMILES string of the molecule is CCCCCCCCCCCc1cccc(C2=C(CCCC)C(CCCC)=C(c3ccc(CCCCCC)cc3)[N+]2=[N-])c1.[CH2-]C.[CH2-]C.[Ni+2]. The maximum Gasteiger partial charge on any atom is 2.00 e. The van der Waals surface area contributed by atoms with Gasteiger partial charge in [-0.15, -0.1) is 0 Å². The molecular formula is C45H72N2Ni. The van der Waals surface area contributed by atoms with Crippen LogP contribution in [0, 0.1) is 13.8 Å². The van der Waals surface area contributed by atoms with Crippen LogP contribution < -0.4 is 0 Å². The molecule has 0 saturated carbocycles. The molecule has 272 valence electrons. The van der Waals surface area contributed by atoms with Crippen molar-refractivity contribution in [1.29, 1.82) is 0 Å². The van der Waals surface area contributed by atoms with Crippen molar-refractivity contribution in [1.82, 2.24) is 0 Å². The third-order valence-electron chi connectivity index (χ3n) is 9.24. The summed E-state index contributed by atoms with van der Waals surface area (Å²) in [5.41, 5.74) is 21.8. The summed E-state index contributed by atoms with van der Waals surface area (Å²) in [6, 6.07) is 18.1. The summed E-state index contributed by atoms with van der Waals surface area (Å²) in [6.45, 7) is 19.1. The van der Waals surface area contributed by atoms with Crippen molar-refractivity contribution in [3.63, 3.8) is 0 Å². The van der Waals surface area contributed by atoms with Crippen molar-refractivity contribution in [2.45, 2.75) is 176 Å². The number of allylic oxidation sites excluding steroid dienone is 2. The van der Waals surface area contributed by atoms with Crippen LogP contribution in [-0.4, -0.2) is 4.70 Å². The van der Waals surface area contributed by atoms with E-state index in [2.05, 4.69) is 90.1 Å². The van der Waals surface area contributed by atoms with E-state index < -0.39 is 0 Å². The molecule has 2 aromatic rings. The first-order chi connectivity index (χ1) is 23.1. The minimum absolute atomic E-state index is 0. The Balaban J connectivity index is 0.00000425. The number of nitrogens with zero attached hydrogens (tertiary/aromatic N) is 2. The van der Waals surface area contributed by atoms with Gasteiger partial charge >= 0.3 is 16.5 Å². The van der Waals surface area contributed by atoms with Crippen LogP contribution in [0.15, 0.2) is 59.7 Å². The number of hydrogen-bond donors (Lipinski definition) is 0. The van der Waals surface area contributed by atoms with E-state index in [4.69, 9.17) is 0 Å². The van der Waals surface area contributed by atoms with Gasteiger partial charge in [-0.25, -0.2) is 4.70 Å². The molecule has 0 spiro atoms. The zero-order chi connectivity index (χ0) is 34.7. The van der Waals surface area contributed by atoms with Crippen LogP contribution in [0.4, 0.5) is 0 Å². The Labute approximate surface area is 309 Å². The molecule has 1 aliphatic heterocycles. The molecule has 0 N–H and O–H groups in total. The molecule has 0 radical (unpaired) electrons. The molecule has 3 rings (SSSR count). The number of unbranched alkanes of at least 4 members (excludes halogenated alkanes) is 13. The molecule has 3 heteroatoms. The molecule has 2 aromatic carbocycles. The van der Waals surface area contributed by atoms with Crippen LogP contribution in [0.2, 0.25) is 0 Å². The van der Waals surface area contributed by atoms with E-state index in [0.717, 1.165) is 68.3 Å². The van der Waals surface area contributed by atoms with Crippen molar-refractivity contribution in [3.8, 4) is 0 Å². The van der Waals surface area contributed by atoms with Gasteiger partial charge < -0.3 is 19.4 Å². The van der Waals surface area contributed by atoms with Gasteiger partial charge in [0.1, 0.15) is 0 Å². The second kappa shape index (κ2) is 29.9. The maximum absolute atomic E-state index is 11.9. The van der Waals surface area contributed by atoms with E-state index in [0.29, 0.717) is 0 Å². The number of hydrogen-bond acceptors (Lipinski definition) is 0. The Bertz CT molecular complexity index is 1160. The zero-order valence-corrected chi connectivity index (χ0v) is 33.1. The molecule has 0 aliphatic carbocycles. The van der Waals surface area contributed by atoms with Crippen LogP contribution in [0.5, 0.6) is 0 Å². The molecule has 0 atom stereocenters. The third-order valence-corrected chi connectivity index (χ3v) is 9.24. The molecule has 1 heterocycles. The topological polar surface area (TPSA) is 25.3 Å². The molecular weight excluding hydrogens is 627 g/mol. The van der Waals surface area contributed by atoms with Gasteiger partial charge in [-0.1, -0.05) is 135 Å². The minimum atomic E-state index is 0. The Kier molecular flexibility index (Phi) is 28.7. The van der Waals surface area contributed by atoms with E-state index in [1.165, 1.54) is 111 Å². The van der Waals surface area contributed by atoms with E-state index in [1.807, 2.05) is 0 Å². The monoisotopic (exact) mass is 699 g/mol. The molecule has 48 heavy (non-hydrogen) atoms. The third kappa shape index (κ3) is 16.1. The standard InChI is InChI=1S/C41H62N2.2C2H5.Ni/c1-5-9-13-15-16-17-18-19-21-24-35-25-22-26-37(33-35)41-39(28-12-8-4)38(27-11-7-3)40(43(41)42)36-31-29-34(30-32-36)23-20-14-10-6-2;2*1-2;/h22,25-26,29-33H,5-21,23-24,27-28H2,1-4H3;2*1H2,2H3;/q;2*-1;+2. The molecule has 0 aromatic heterocycles. The van der Waals surface area contributed by atoms with Crippen molar-refractivity contribution in [3.05, 3.63) is 101 Å². The van der Waals surface area contributed by atoms with Gasteiger partial charge in [0, 0.05) is 22.3 Å². The van der Waals surface area contributed by atoms with Gasteiger partial charge in [-0.05, 0) is 86.8 Å².